The Kier molecular flexibility index (Phi) is 4.32. The first kappa shape index (κ1) is 14.2. The standard InChI is InChI=1S/C14H19ClN2O2/c1-17(8-9-18)13(19)16-10-14(6-7-14)11-2-4-12(15)5-3-11/h2-5,18H,6-10H2,1H3,(H,16,19). The molecule has 0 aromatic heterocycles. The van der Waals surface area contributed by atoms with Crippen molar-refractivity contribution < 1.29 is 9.90 Å². The second kappa shape index (κ2) is 5.80. The third-order valence-corrected chi connectivity index (χ3v) is 3.92. The lowest BCUT2D eigenvalue weighted by atomic mass is 9.96. The maximum atomic E-state index is 11.8. The van der Waals surface area contributed by atoms with Gasteiger partial charge in [-0.15, -0.1) is 0 Å². The van der Waals surface area contributed by atoms with E-state index in [1.165, 1.54) is 10.5 Å². The monoisotopic (exact) mass is 282 g/mol. The van der Waals surface area contributed by atoms with E-state index in [2.05, 4.69) is 5.32 Å². The van der Waals surface area contributed by atoms with Crippen molar-refractivity contribution in [2.75, 3.05) is 26.7 Å². The van der Waals surface area contributed by atoms with E-state index in [-0.39, 0.29) is 18.1 Å². The summed E-state index contributed by atoms with van der Waals surface area (Å²) in [6.07, 6.45) is 2.16. The van der Waals surface area contributed by atoms with Crippen molar-refractivity contribution in [1.82, 2.24) is 10.2 Å². The van der Waals surface area contributed by atoms with Gasteiger partial charge in [-0.2, -0.15) is 0 Å². The van der Waals surface area contributed by atoms with Gasteiger partial charge in [-0.25, -0.2) is 4.79 Å². The third-order valence-electron chi connectivity index (χ3n) is 3.67. The molecule has 0 heterocycles. The minimum absolute atomic E-state index is 0.0216. The fourth-order valence-electron chi connectivity index (χ4n) is 2.15. The van der Waals surface area contributed by atoms with Gasteiger partial charge in [-0.1, -0.05) is 23.7 Å². The molecule has 2 amide bonds. The number of likely N-dealkylation sites (N-methyl/N-ethyl adjacent to an activating group) is 1. The number of benzene rings is 1. The van der Waals surface area contributed by atoms with Crippen molar-refractivity contribution in [2.24, 2.45) is 0 Å². The van der Waals surface area contributed by atoms with Gasteiger partial charge in [-0.3, -0.25) is 0 Å². The summed E-state index contributed by atoms with van der Waals surface area (Å²) in [4.78, 5) is 13.3. The Morgan fingerprint density at radius 1 is 1.42 bits per heavy atom. The first-order chi connectivity index (χ1) is 9.07. The van der Waals surface area contributed by atoms with Gasteiger partial charge in [0.25, 0.3) is 0 Å². The van der Waals surface area contributed by atoms with E-state index >= 15 is 0 Å². The number of rotatable bonds is 5. The molecule has 1 aliphatic carbocycles. The van der Waals surface area contributed by atoms with Crippen molar-refractivity contribution in [3.8, 4) is 0 Å². The maximum absolute atomic E-state index is 11.8. The Labute approximate surface area is 118 Å². The molecule has 0 spiro atoms. The van der Waals surface area contributed by atoms with E-state index in [9.17, 15) is 4.79 Å². The highest BCUT2D eigenvalue weighted by Crippen LogP contribution is 2.47. The average Bonchev–Trinajstić information content (AvgIpc) is 3.18. The lowest BCUT2D eigenvalue weighted by molar-refractivity contribution is 0.189. The maximum Gasteiger partial charge on any atom is 0.317 e. The Morgan fingerprint density at radius 3 is 2.58 bits per heavy atom. The van der Waals surface area contributed by atoms with E-state index in [1.807, 2.05) is 24.3 Å². The molecule has 0 saturated heterocycles. The van der Waals surface area contributed by atoms with Crippen LogP contribution < -0.4 is 5.32 Å². The van der Waals surface area contributed by atoms with Gasteiger partial charge in [0.15, 0.2) is 0 Å². The number of nitrogens with one attached hydrogen (secondary N) is 1. The second-order valence-electron chi connectivity index (χ2n) is 5.09. The molecule has 0 atom stereocenters. The van der Waals surface area contributed by atoms with Crippen molar-refractivity contribution >= 4 is 17.6 Å². The van der Waals surface area contributed by atoms with Crippen molar-refractivity contribution in [3.05, 3.63) is 34.9 Å². The van der Waals surface area contributed by atoms with Gasteiger partial charge < -0.3 is 15.3 Å². The van der Waals surface area contributed by atoms with Gasteiger partial charge >= 0.3 is 6.03 Å². The zero-order valence-electron chi connectivity index (χ0n) is 11.0. The summed E-state index contributed by atoms with van der Waals surface area (Å²) in [5, 5.41) is 12.4. The molecular weight excluding hydrogens is 264 g/mol. The largest absolute Gasteiger partial charge is 0.395 e. The average molecular weight is 283 g/mol. The third kappa shape index (κ3) is 3.39. The number of amides is 2. The number of aliphatic hydroxyl groups excluding tert-OH is 1. The molecule has 1 saturated carbocycles. The van der Waals surface area contributed by atoms with Crippen molar-refractivity contribution in [2.45, 2.75) is 18.3 Å². The molecule has 19 heavy (non-hydrogen) atoms. The van der Waals surface area contributed by atoms with E-state index in [0.717, 1.165) is 17.9 Å². The quantitative estimate of drug-likeness (QED) is 0.868. The predicted molar refractivity (Wildman–Crippen MR) is 75.5 cm³/mol. The van der Waals surface area contributed by atoms with Crippen LogP contribution in [0.5, 0.6) is 0 Å². The molecule has 0 bridgehead atoms. The molecule has 0 aliphatic heterocycles. The normalized spacial score (nSPS) is 15.9. The smallest absolute Gasteiger partial charge is 0.317 e. The summed E-state index contributed by atoms with van der Waals surface area (Å²) in [6, 6.07) is 7.68. The van der Waals surface area contributed by atoms with E-state index in [4.69, 9.17) is 16.7 Å². The lowest BCUT2D eigenvalue weighted by Gasteiger charge is -2.21. The number of carbonyl (C=O) groups is 1. The number of halogens is 1. The van der Waals surface area contributed by atoms with E-state index < -0.39 is 0 Å². The second-order valence-corrected chi connectivity index (χ2v) is 5.53. The lowest BCUT2D eigenvalue weighted by Crippen LogP contribution is -2.42. The van der Waals surface area contributed by atoms with Crippen LogP contribution in [0.2, 0.25) is 5.02 Å². The Hall–Kier alpha value is -1.26. The van der Waals surface area contributed by atoms with Gasteiger partial charge in [-0.05, 0) is 30.5 Å². The molecule has 5 heteroatoms. The van der Waals surface area contributed by atoms with Gasteiger partial charge in [0.05, 0.1) is 6.61 Å². The van der Waals surface area contributed by atoms with Gasteiger partial charge in [0, 0.05) is 30.6 Å². The SMILES string of the molecule is CN(CCO)C(=O)NCC1(c2ccc(Cl)cc2)CC1. The summed E-state index contributed by atoms with van der Waals surface area (Å²) in [5.41, 5.74) is 1.29. The molecule has 2 N–H and O–H groups in total. The summed E-state index contributed by atoms with van der Waals surface area (Å²) in [6.45, 7) is 0.954. The van der Waals surface area contributed by atoms with Crippen LogP contribution >= 0.6 is 11.6 Å². The van der Waals surface area contributed by atoms with Crippen molar-refractivity contribution in [1.29, 1.82) is 0 Å². The van der Waals surface area contributed by atoms with Crippen molar-refractivity contribution in [3.63, 3.8) is 0 Å². The number of urea groups is 1. The zero-order valence-corrected chi connectivity index (χ0v) is 11.8. The van der Waals surface area contributed by atoms with Crippen LogP contribution in [0.3, 0.4) is 0 Å². The Bertz CT molecular complexity index is 443. The molecule has 1 aromatic rings. The van der Waals surface area contributed by atoms with Gasteiger partial charge in [0.2, 0.25) is 0 Å². The Balaban J connectivity index is 1.92. The summed E-state index contributed by atoms with van der Waals surface area (Å²) < 4.78 is 0. The van der Waals surface area contributed by atoms with Gasteiger partial charge in [0.1, 0.15) is 0 Å². The highest BCUT2D eigenvalue weighted by Gasteiger charge is 2.44. The van der Waals surface area contributed by atoms with Crippen LogP contribution in [-0.4, -0.2) is 42.8 Å². The van der Waals surface area contributed by atoms with Crippen LogP contribution in [0, 0.1) is 0 Å². The van der Waals surface area contributed by atoms with Crippen LogP contribution in [-0.2, 0) is 5.41 Å². The molecule has 4 nitrogen and oxygen atoms in total. The number of nitrogens with zero attached hydrogens (tertiary/aromatic N) is 1. The number of hydrogen-bond donors (Lipinski definition) is 2. The van der Waals surface area contributed by atoms with Crippen LogP contribution in [0.25, 0.3) is 0 Å². The molecule has 1 aromatic carbocycles. The van der Waals surface area contributed by atoms with E-state index in [0.29, 0.717) is 13.1 Å². The number of hydrogen-bond acceptors (Lipinski definition) is 2. The summed E-state index contributed by atoms with van der Waals surface area (Å²) in [5.74, 6) is 0. The first-order valence-electron chi connectivity index (χ1n) is 6.43. The topological polar surface area (TPSA) is 52.6 Å². The molecule has 0 unspecified atom stereocenters. The molecule has 1 aliphatic rings. The van der Waals surface area contributed by atoms with Crippen LogP contribution in [0.4, 0.5) is 4.79 Å². The van der Waals surface area contributed by atoms with E-state index in [1.54, 1.807) is 7.05 Å². The number of aliphatic hydroxyl groups is 1. The summed E-state index contributed by atoms with van der Waals surface area (Å²) in [7, 11) is 1.67. The summed E-state index contributed by atoms with van der Waals surface area (Å²) >= 11 is 5.89. The molecule has 0 radical (unpaired) electrons. The molecule has 104 valence electrons. The fraction of sp³-hybridized carbons (Fsp3) is 0.500. The fourth-order valence-corrected chi connectivity index (χ4v) is 2.28. The first-order valence-corrected chi connectivity index (χ1v) is 6.81. The minimum atomic E-state index is -0.144. The molecule has 2 rings (SSSR count). The highest BCUT2D eigenvalue weighted by molar-refractivity contribution is 6.30. The zero-order chi connectivity index (χ0) is 13.9. The molecular formula is C14H19ClN2O2. The molecule has 1 fully saturated rings. The minimum Gasteiger partial charge on any atom is -0.395 e. The number of carbonyl (C=O) groups excluding carboxylic acids is 1. The Morgan fingerprint density at radius 2 is 2.05 bits per heavy atom. The predicted octanol–water partition coefficient (Wildman–Crippen LogP) is 2.01. The van der Waals surface area contributed by atoms with Crippen LogP contribution in [0.1, 0.15) is 18.4 Å². The van der Waals surface area contributed by atoms with Crippen LogP contribution in [0.15, 0.2) is 24.3 Å². The highest BCUT2D eigenvalue weighted by atomic mass is 35.5.